The van der Waals surface area contributed by atoms with Gasteiger partial charge in [0.2, 0.25) is 0 Å². The molecular weight excluding hydrogens is 292 g/mol. The molecule has 4 nitrogen and oxygen atoms in total. The molecule has 0 radical (unpaired) electrons. The van der Waals surface area contributed by atoms with Crippen LogP contribution in [0.3, 0.4) is 0 Å². The minimum Gasteiger partial charge on any atom is -0.465 e. The van der Waals surface area contributed by atoms with Crippen LogP contribution in [0.15, 0.2) is 0 Å². The van der Waals surface area contributed by atoms with Crippen molar-refractivity contribution in [2.24, 2.45) is 5.41 Å². The Kier molecular flexibility index (Phi) is 12.8. The number of rotatable bonds is 14. The molecule has 23 heavy (non-hydrogen) atoms. The van der Waals surface area contributed by atoms with Gasteiger partial charge in [-0.05, 0) is 26.7 Å². The second-order valence-corrected chi connectivity index (χ2v) is 6.14. The topological polar surface area (TPSA) is 52.6 Å². The lowest BCUT2D eigenvalue weighted by atomic mass is 9.78. The third-order valence-corrected chi connectivity index (χ3v) is 4.25. The number of hydrogen-bond acceptors (Lipinski definition) is 4. The maximum absolute atomic E-state index is 12.5. The predicted octanol–water partition coefficient (Wildman–Crippen LogP) is 5.04. The van der Waals surface area contributed by atoms with Gasteiger partial charge in [-0.3, -0.25) is 9.59 Å². The predicted molar refractivity (Wildman–Crippen MR) is 93.2 cm³/mol. The average molecular weight is 328 g/mol. The van der Waals surface area contributed by atoms with E-state index in [9.17, 15) is 9.59 Å². The van der Waals surface area contributed by atoms with Gasteiger partial charge in [0.15, 0.2) is 5.41 Å². The van der Waals surface area contributed by atoms with Gasteiger partial charge in [-0.25, -0.2) is 0 Å². The van der Waals surface area contributed by atoms with Gasteiger partial charge in [-0.1, -0.05) is 65.2 Å². The average Bonchev–Trinajstić information content (AvgIpc) is 2.54. The molecule has 0 saturated carbocycles. The Morgan fingerprint density at radius 1 is 0.652 bits per heavy atom. The Hall–Kier alpha value is -1.06. The molecule has 0 saturated heterocycles. The van der Waals surface area contributed by atoms with Crippen LogP contribution in [0.4, 0.5) is 0 Å². The van der Waals surface area contributed by atoms with E-state index in [1.807, 2.05) is 0 Å². The van der Waals surface area contributed by atoms with Crippen LogP contribution < -0.4 is 0 Å². The summed E-state index contributed by atoms with van der Waals surface area (Å²) in [6.07, 6.45) is 9.58. The van der Waals surface area contributed by atoms with E-state index < -0.39 is 17.4 Å². The summed E-state index contributed by atoms with van der Waals surface area (Å²) >= 11 is 0. The zero-order chi connectivity index (χ0) is 17.6. The molecule has 0 bridgehead atoms. The zero-order valence-corrected chi connectivity index (χ0v) is 15.6. The first kappa shape index (κ1) is 21.9. The molecule has 0 aliphatic rings. The lowest BCUT2D eigenvalue weighted by Crippen LogP contribution is -2.42. The molecule has 0 N–H and O–H groups in total. The van der Waals surface area contributed by atoms with Crippen LogP contribution in [0.5, 0.6) is 0 Å². The van der Waals surface area contributed by atoms with E-state index in [1.165, 1.54) is 19.3 Å². The van der Waals surface area contributed by atoms with Gasteiger partial charge in [0.25, 0.3) is 0 Å². The first-order valence-electron chi connectivity index (χ1n) is 9.43. The first-order valence-corrected chi connectivity index (χ1v) is 9.43. The fourth-order valence-corrected chi connectivity index (χ4v) is 2.84. The SMILES string of the molecule is CCCCCCCCC(CCCC)(C(=O)OCC)C(=O)OCC. The van der Waals surface area contributed by atoms with Crippen LogP contribution in [0.25, 0.3) is 0 Å². The highest BCUT2D eigenvalue weighted by molar-refractivity contribution is 6.00. The highest BCUT2D eigenvalue weighted by Crippen LogP contribution is 2.35. The molecule has 0 aromatic rings. The molecule has 0 aromatic heterocycles. The Bertz CT molecular complexity index is 307. The number of carbonyl (C=O) groups excluding carboxylic acids is 2. The van der Waals surface area contributed by atoms with Crippen molar-refractivity contribution < 1.29 is 19.1 Å². The minimum absolute atomic E-state index is 0.294. The summed E-state index contributed by atoms with van der Waals surface area (Å²) in [5, 5.41) is 0. The van der Waals surface area contributed by atoms with E-state index in [4.69, 9.17) is 9.47 Å². The summed E-state index contributed by atoms with van der Waals surface area (Å²) < 4.78 is 10.5. The van der Waals surface area contributed by atoms with E-state index in [0.29, 0.717) is 26.1 Å². The van der Waals surface area contributed by atoms with Crippen LogP contribution in [-0.2, 0) is 19.1 Å². The van der Waals surface area contributed by atoms with Crippen molar-refractivity contribution in [3.05, 3.63) is 0 Å². The summed E-state index contributed by atoms with van der Waals surface area (Å²) in [6.45, 7) is 8.39. The molecule has 0 spiro atoms. The Balaban J connectivity index is 4.89. The normalized spacial score (nSPS) is 11.3. The maximum Gasteiger partial charge on any atom is 0.323 e. The van der Waals surface area contributed by atoms with Crippen LogP contribution in [0.2, 0.25) is 0 Å². The summed E-state index contributed by atoms with van der Waals surface area (Å²) in [7, 11) is 0. The van der Waals surface area contributed by atoms with Crippen LogP contribution in [-0.4, -0.2) is 25.2 Å². The second kappa shape index (κ2) is 13.4. The highest BCUT2D eigenvalue weighted by Gasteiger charge is 2.47. The van der Waals surface area contributed by atoms with Crippen molar-refractivity contribution in [3.8, 4) is 0 Å². The van der Waals surface area contributed by atoms with Gasteiger partial charge < -0.3 is 9.47 Å². The van der Waals surface area contributed by atoms with Gasteiger partial charge in [-0.2, -0.15) is 0 Å². The molecule has 0 aliphatic carbocycles. The fourth-order valence-electron chi connectivity index (χ4n) is 2.84. The van der Waals surface area contributed by atoms with Crippen molar-refractivity contribution in [3.63, 3.8) is 0 Å². The standard InChI is InChI=1S/C19H36O4/c1-5-9-11-12-13-14-16-19(15-10-6-2,17(20)22-7-3)18(21)23-8-4/h5-16H2,1-4H3. The molecule has 4 heteroatoms. The quantitative estimate of drug-likeness (QED) is 0.255. The number of ether oxygens (including phenoxy) is 2. The van der Waals surface area contributed by atoms with Gasteiger partial charge >= 0.3 is 11.9 Å². The molecule has 0 fully saturated rings. The van der Waals surface area contributed by atoms with Crippen LogP contribution in [0.1, 0.15) is 91.9 Å². The van der Waals surface area contributed by atoms with E-state index >= 15 is 0 Å². The highest BCUT2D eigenvalue weighted by atomic mass is 16.6. The number of carbonyl (C=O) groups is 2. The van der Waals surface area contributed by atoms with E-state index in [2.05, 4.69) is 13.8 Å². The van der Waals surface area contributed by atoms with E-state index in [1.54, 1.807) is 13.8 Å². The van der Waals surface area contributed by atoms with Crippen molar-refractivity contribution in [2.75, 3.05) is 13.2 Å². The largest absolute Gasteiger partial charge is 0.465 e. The minimum atomic E-state index is -1.10. The number of unbranched alkanes of at least 4 members (excludes halogenated alkanes) is 6. The summed E-state index contributed by atoms with van der Waals surface area (Å²) in [6, 6.07) is 0. The molecule has 0 rings (SSSR count). The molecule has 136 valence electrons. The zero-order valence-electron chi connectivity index (χ0n) is 15.6. The second-order valence-electron chi connectivity index (χ2n) is 6.14. The van der Waals surface area contributed by atoms with Crippen molar-refractivity contribution >= 4 is 11.9 Å². The Morgan fingerprint density at radius 3 is 1.57 bits per heavy atom. The maximum atomic E-state index is 12.5. The molecule has 0 unspecified atom stereocenters. The molecule has 0 aliphatic heterocycles. The Labute approximate surface area is 142 Å². The smallest absolute Gasteiger partial charge is 0.323 e. The molecule has 0 atom stereocenters. The van der Waals surface area contributed by atoms with Gasteiger partial charge in [0.1, 0.15) is 0 Å². The van der Waals surface area contributed by atoms with Crippen molar-refractivity contribution in [1.82, 2.24) is 0 Å². The van der Waals surface area contributed by atoms with E-state index in [0.717, 1.165) is 32.1 Å². The van der Waals surface area contributed by atoms with Gasteiger partial charge in [-0.15, -0.1) is 0 Å². The van der Waals surface area contributed by atoms with Crippen LogP contribution >= 0.6 is 0 Å². The molecule has 0 amide bonds. The fraction of sp³-hybridized carbons (Fsp3) is 0.895. The third-order valence-electron chi connectivity index (χ3n) is 4.25. The summed E-state index contributed by atoms with van der Waals surface area (Å²) in [5.74, 6) is -0.805. The third kappa shape index (κ3) is 7.85. The van der Waals surface area contributed by atoms with Gasteiger partial charge in [0, 0.05) is 0 Å². The van der Waals surface area contributed by atoms with E-state index in [-0.39, 0.29) is 0 Å². The molecule has 0 heterocycles. The van der Waals surface area contributed by atoms with Crippen molar-refractivity contribution in [1.29, 1.82) is 0 Å². The molecule has 0 aromatic carbocycles. The van der Waals surface area contributed by atoms with Crippen LogP contribution in [0, 0.1) is 5.41 Å². The first-order chi connectivity index (χ1) is 11.1. The lowest BCUT2D eigenvalue weighted by Gasteiger charge is -2.29. The monoisotopic (exact) mass is 328 g/mol. The van der Waals surface area contributed by atoms with Gasteiger partial charge in [0.05, 0.1) is 13.2 Å². The summed E-state index contributed by atoms with van der Waals surface area (Å²) in [4.78, 5) is 25.1. The Morgan fingerprint density at radius 2 is 1.09 bits per heavy atom. The number of hydrogen-bond donors (Lipinski definition) is 0. The summed E-state index contributed by atoms with van der Waals surface area (Å²) in [5.41, 5.74) is -1.10. The van der Waals surface area contributed by atoms with Crippen molar-refractivity contribution in [2.45, 2.75) is 91.9 Å². The lowest BCUT2D eigenvalue weighted by molar-refractivity contribution is -0.173. The number of esters is 2. The molecular formula is C19H36O4.